The Kier molecular flexibility index (Phi) is 14.0. The molecule has 0 aromatic rings. The zero-order valence-corrected chi connectivity index (χ0v) is 24.2. The first-order valence-corrected chi connectivity index (χ1v) is 13.3. The molecule has 3 amide bonds. The molecule has 1 atom stereocenters. The third kappa shape index (κ3) is 7.54. The molecule has 0 unspecified atom stereocenters. The largest absolute Gasteiger partial charge is 0.478 e. The van der Waals surface area contributed by atoms with Gasteiger partial charge >= 0.3 is 5.97 Å². The van der Waals surface area contributed by atoms with Crippen LogP contribution in [0.3, 0.4) is 0 Å². The maximum atomic E-state index is 13.8. The molecule has 0 aromatic carbocycles. The Labute approximate surface area is 218 Å². The van der Waals surface area contributed by atoms with Crippen molar-refractivity contribution in [3.05, 3.63) is 11.6 Å². The van der Waals surface area contributed by atoms with E-state index < -0.39 is 23.1 Å². The lowest BCUT2D eigenvalue weighted by Crippen LogP contribution is -2.67. The van der Waals surface area contributed by atoms with Gasteiger partial charge in [0, 0.05) is 19.2 Å². The van der Waals surface area contributed by atoms with Crippen LogP contribution in [0.15, 0.2) is 11.6 Å². The van der Waals surface area contributed by atoms with Gasteiger partial charge < -0.3 is 25.5 Å². The first-order chi connectivity index (χ1) is 16.8. The molecule has 3 N–H and O–H groups in total. The fourth-order valence-corrected chi connectivity index (χ4v) is 4.88. The van der Waals surface area contributed by atoms with E-state index in [0.29, 0.717) is 38.8 Å². The van der Waals surface area contributed by atoms with E-state index in [1.54, 1.807) is 18.0 Å². The van der Waals surface area contributed by atoms with Crippen LogP contribution in [0.2, 0.25) is 0 Å². The Balaban J connectivity index is 5.95. The van der Waals surface area contributed by atoms with Crippen molar-refractivity contribution in [2.75, 3.05) is 26.7 Å². The van der Waals surface area contributed by atoms with E-state index in [9.17, 15) is 24.3 Å². The standard InChI is InChI=1S/C27H50N4O5/c1-11-26(12-2,29-15-5)25(36)31(16-6)27(13-3,14-4)24(35)28-18-22(32)30(10)21(19(7)8)17-20(9)23(33)34/h17,19,21,29H,11-16,18H2,1-10H3,(H,28,35)(H,33,34)/b20-17+/t21-/m1/s1. The SMILES string of the molecule is CCNC(CC)(CC)C(=O)N(CC)C(CC)(CC)C(=O)NCC(=O)N(C)[C@H](/C=C(\C)C(=O)O)C(C)C. The molecule has 0 radical (unpaired) electrons. The number of likely N-dealkylation sites (N-methyl/N-ethyl adjacent to an activating group) is 3. The molecule has 0 heterocycles. The van der Waals surface area contributed by atoms with Crippen LogP contribution >= 0.6 is 0 Å². The summed E-state index contributed by atoms with van der Waals surface area (Å²) in [6.07, 6.45) is 3.57. The van der Waals surface area contributed by atoms with Crippen molar-refractivity contribution in [3.8, 4) is 0 Å². The predicted octanol–water partition coefficient (Wildman–Crippen LogP) is 3.19. The molecule has 0 fully saturated rings. The van der Waals surface area contributed by atoms with E-state index in [0.717, 1.165) is 0 Å². The van der Waals surface area contributed by atoms with Crippen LogP contribution < -0.4 is 10.6 Å². The zero-order valence-electron chi connectivity index (χ0n) is 24.2. The van der Waals surface area contributed by atoms with Crippen molar-refractivity contribution < 1.29 is 24.3 Å². The summed E-state index contributed by atoms with van der Waals surface area (Å²) in [5.74, 6) is -1.86. The van der Waals surface area contributed by atoms with E-state index in [2.05, 4.69) is 10.6 Å². The molecule has 0 bridgehead atoms. The van der Waals surface area contributed by atoms with Crippen LogP contribution in [-0.2, 0) is 19.2 Å². The molecule has 0 aromatic heterocycles. The topological polar surface area (TPSA) is 119 Å². The average molecular weight is 511 g/mol. The molecule has 0 spiro atoms. The lowest BCUT2D eigenvalue weighted by atomic mass is 9.84. The molecule has 0 saturated carbocycles. The van der Waals surface area contributed by atoms with E-state index in [4.69, 9.17) is 0 Å². The number of rotatable bonds is 16. The summed E-state index contributed by atoms with van der Waals surface area (Å²) in [5, 5.41) is 15.4. The van der Waals surface area contributed by atoms with Crippen molar-refractivity contribution in [2.45, 2.75) is 105 Å². The van der Waals surface area contributed by atoms with Gasteiger partial charge in [-0.1, -0.05) is 54.5 Å². The predicted molar refractivity (Wildman–Crippen MR) is 143 cm³/mol. The molecule has 0 rings (SSSR count). The summed E-state index contributed by atoms with van der Waals surface area (Å²) >= 11 is 0. The van der Waals surface area contributed by atoms with Gasteiger partial charge in [-0.05, 0) is 52.0 Å². The highest BCUT2D eigenvalue weighted by molar-refractivity contribution is 5.96. The lowest BCUT2D eigenvalue weighted by molar-refractivity contribution is -0.154. The van der Waals surface area contributed by atoms with Gasteiger partial charge in [0.25, 0.3) is 0 Å². The van der Waals surface area contributed by atoms with Gasteiger partial charge in [0.05, 0.1) is 18.1 Å². The highest BCUT2D eigenvalue weighted by Crippen LogP contribution is 2.30. The van der Waals surface area contributed by atoms with Crippen molar-refractivity contribution in [1.82, 2.24) is 20.4 Å². The molecular formula is C27H50N4O5. The smallest absolute Gasteiger partial charge is 0.331 e. The Morgan fingerprint density at radius 2 is 1.47 bits per heavy atom. The first-order valence-electron chi connectivity index (χ1n) is 13.3. The van der Waals surface area contributed by atoms with Crippen molar-refractivity contribution in [2.24, 2.45) is 5.92 Å². The highest BCUT2D eigenvalue weighted by Gasteiger charge is 2.48. The molecule has 9 nitrogen and oxygen atoms in total. The monoisotopic (exact) mass is 510 g/mol. The normalized spacial score (nSPS) is 13.4. The Morgan fingerprint density at radius 1 is 0.944 bits per heavy atom. The van der Waals surface area contributed by atoms with E-state index in [-0.39, 0.29) is 35.8 Å². The molecule has 0 saturated heterocycles. The summed E-state index contributed by atoms with van der Waals surface area (Å²) < 4.78 is 0. The molecule has 36 heavy (non-hydrogen) atoms. The summed E-state index contributed by atoms with van der Waals surface area (Å²) in [6, 6.07) is -0.434. The number of hydrogen-bond donors (Lipinski definition) is 3. The van der Waals surface area contributed by atoms with Gasteiger partial charge in [-0.2, -0.15) is 0 Å². The second-order valence-electron chi connectivity index (χ2n) is 9.68. The lowest BCUT2D eigenvalue weighted by Gasteiger charge is -2.46. The van der Waals surface area contributed by atoms with Gasteiger partial charge in [0.15, 0.2) is 0 Å². The van der Waals surface area contributed by atoms with Crippen LogP contribution in [0.5, 0.6) is 0 Å². The minimum atomic E-state index is -1.09. The number of nitrogens with one attached hydrogen (secondary N) is 2. The van der Waals surface area contributed by atoms with Crippen LogP contribution in [0.1, 0.15) is 88.0 Å². The van der Waals surface area contributed by atoms with Crippen molar-refractivity contribution in [3.63, 3.8) is 0 Å². The number of aliphatic carboxylic acids is 1. The highest BCUT2D eigenvalue weighted by atomic mass is 16.4. The quantitative estimate of drug-likeness (QED) is 0.274. The van der Waals surface area contributed by atoms with Gasteiger partial charge in [0.1, 0.15) is 5.54 Å². The summed E-state index contributed by atoms with van der Waals surface area (Å²) in [6.45, 7) is 17.6. The minimum Gasteiger partial charge on any atom is -0.478 e. The third-order valence-corrected chi connectivity index (χ3v) is 7.48. The molecule has 9 heteroatoms. The maximum absolute atomic E-state index is 13.8. The van der Waals surface area contributed by atoms with E-state index in [1.807, 2.05) is 55.4 Å². The first kappa shape index (κ1) is 33.6. The molecule has 0 aliphatic rings. The third-order valence-electron chi connectivity index (χ3n) is 7.48. The summed E-state index contributed by atoms with van der Waals surface area (Å²) in [7, 11) is 1.60. The molecule has 0 aliphatic heterocycles. The number of carboxylic acids is 1. The second-order valence-corrected chi connectivity index (χ2v) is 9.68. The van der Waals surface area contributed by atoms with Crippen LogP contribution in [0, 0.1) is 5.92 Å². The Hall–Kier alpha value is -2.42. The fourth-order valence-electron chi connectivity index (χ4n) is 4.88. The fraction of sp³-hybridized carbons (Fsp3) is 0.778. The van der Waals surface area contributed by atoms with E-state index >= 15 is 0 Å². The number of carbonyl (C=O) groups excluding carboxylic acids is 3. The molecule has 0 aliphatic carbocycles. The van der Waals surface area contributed by atoms with Crippen LogP contribution in [-0.4, -0.2) is 82.4 Å². The summed E-state index contributed by atoms with van der Waals surface area (Å²) in [4.78, 5) is 54.9. The van der Waals surface area contributed by atoms with Crippen molar-refractivity contribution in [1.29, 1.82) is 0 Å². The van der Waals surface area contributed by atoms with Gasteiger partial charge in [-0.3, -0.25) is 14.4 Å². The number of hydrogen-bond acceptors (Lipinski definition) is 5. The number of nitrogens with zero attached hydrogens (tertiary/aromatic N) is 2. The average Bonchev–Trinajstić information content (AvgIpc) is 2.86. The van der Waals surface area contributed by atoms with Crippen molar-refractivity contribution >= 4 is 23.7 Å². The van der Waals surface area contributed by atoms with Gasteiger partial charge in [-0.15, -0.1) is 0 Å². The van der Waals surface area contributed by atoms with Gasteiger partial charge in [0.2, 0.25) is 17.7 Å². The van der Waals surface area contributed by atoms with Crippen LogP contribution in [0.4, 0.5) is 0 Å². The summed E-state index contributed by atoms with van der Waals surface area (Å²) in [5.41, 5.74) is -1.69. The zero-order chi connectivity index (χ0) is 28.3. The van der Waals surface area contributed by atoms with Crippen LogP contribution in [0.25, 0.3) is 0 Å². The minimum absolute atomic E-state index is 0.0233. The molecule has 208 valence electrons. The number of amides is 3. The maximum Gasteiger partial charge on any atom is 0.331 e. The number of carboxylic acid groups (broad SMARTS) is 1. The Morgan fingerprint density at radius 3 is 1.83 bits per heavy atom. The second kappa shape index (κ2) is 15.0. The molecular weight excluding hydrogens is 460 g/mol. The van der Waals surface area contributed by atoms with E-state index in [1.165, 1.54) is 11.8 Å². The number of carbonyl (C=O) groups is 4. The van der Waals surface area contributed by atoms with Gasteiger partial charge in [-0.25, -0.2) is 4.79 Å². The Bertz CT molecular complexity index is 785.